The number of fused-ring (bicyclic) bond motifs is 1. The number of benzene rings is 1. The first-order chi connectivity index (χ1) is 17.4. The number of hydrogen-bond donors (Lipinski definition) is 3. The minimum Gasteiger partial charge on any atom is -0.367 e. The van der Waals surface area contributed by atoms with Crippen molar-refractivity contribution in [3.8, 4) is 0 Å². The van der Waals surface area contributed by atoms with Gasteiger partial charge in [-0.15, -0.1) is 0 Å². The first kappa shape index (κ1) is 22.4. The van der Waals surface area contributed by atoms with Crippen molar-refractivity contribution in [2.24, 2.45) is 0 Å². The summed E-state index contributed by atoms with van der Waals surface area (Å²) in [6, 6.07) is 8.78. The number of carbonyl (C=O) groups excluding carboxylic acids is 3. The third-order valence-electron chi connectivity index (χ3n) is 6.40. The van der Waals surface area contributed by atoms with Crippen LogP contribution in [0.5, 0.6) is 0 Å². The number of amides is 4. The zero-order valence-corrected chi connectivity index (χ0v) is 20.0. The maximum absolute atomic E-state index is 12.9. The molecule has 3 N–H and O–H groups in total. The molecular formula is C24H23ClN8O3. The molecule has 0 unspecified atom stereocenters. The first-order valence-corrected chi connectivity index (χ1v) is 12.1. The number of nitrogens with zero attached hydrogens (tertiary/aromatic N) is 5. The average molecular weight is 507 g/mol. The van der Waals surface area contributed by atoms with Crippen molar-refractivity contribution in [1.82, 2.24) is 30.1 Å². The Morgan fingerprint density at radius 2 is 1.92 bits per heavy atom. The lowest BCUT2D eigenvalue weighted by Crippen LogP contribution is -2.49. The predicted molar refractivity (Wildman–Crippen MR) is 134 cm³/mol. The molecule has 0 spiro atoms. The summed E-state index contributed by atoms with van der Waals surface area (Å²) in [5.41, 5.74) is 1.89. The van der Waals surface area contributed by atoms with Crippen LogP contribution in [0, 0.1) is 0 Å². The van der Waals surface area contributed by atoms with Crippen LogP contribution in [0.15, 0.2) is 42.2 Å². The molecule has 0 bridgehead atoms. The van der Waals surface area contributed by atoms with Crippen molar-refractivity contribution in [1.29, 1.82) is 0 Å². The van der Waals surface area contributed by atoms with E-state index in [4.69, 9.17) is 16.6 Å². The third-order valence-corrected chi connectivity index (χ3v) is 6.63. The lowest BCUT2D eigenvalue weighted by Gasteiger charge is -2.35. The maximum atomic E-state index is 12.9. The zero-order valence-electron chi connectivity index (χ0n) is 19.2. The van der Waals surface area contributed by atoms with Crippen LogP contribution in [0.4, 0.5) is 16.4 Å². The van der Waals surface area contributed by atoms with Gasteiger partial charge in [0.1, 0.15) is 17.3 Å². The van der Waals surface area contributed by atoms with E-state index in [1.165, 1.54) is 0 Å². The van der Waals surface area contributed by atoms with Gasteiger partial charge in [0, 0.05) is 54.4 Å². The fourth-order valence-corrected chi connectivity index (χ4v) is 4.54. The number of imide groups is 1. The zero-order chi connectivity index (χ0) is 24.8. The third kappa shape index (κ3) is 4.33. The summed E-state index contributed by atoms with van der Waals surface area (Å²) in [5.74, 6) is 1.02. The number of halogens is 1. The van der Waals surface area contributed by atoms with Crippen molar-refractivity contribution in [2.75, 3.05) is 36.4 Å². The van der Waals surface area contributed by atoms with Gasteiger partial charge in [0.2, 0.25) is 0 Å². The highest BCUT2D eigenvalue weighted by molar-refractivity contribution is 6.31. The molecule has 2 saturated heterocycles. The summed E-state index contributed by atoms with van der Waals surface area (Å²) in [6.45, 7) is 2.32. The SMILES string of the molecule is O=C1NC(=O)/C(=C/c2cnn3c(NC4CC4)cc(N4CCN(C(=O)c5cccc(Cl)c5)CC4)nc23)N1. The second-order valence-electron chi connectivity index (χ2n) is 9.01. The first-order valence-electron chi connectivity index (χ1n) is 11.7. The van der Waals surface area contributed by atoms with Gasteiger partial charge in [-0.25, -0.2) is 9.78 Å². The van der Waals surface area contributed by atoms with Gasteiger partial charge in [0.25, 0.3) is 11.8 Å². The number of anilines is 2. The molecule has 1 aliphatic carbocycles. The van der Waals surface area contributed by atoms with E-state index in [0.29, 0.717) is 54.0 Å². The Bertz CT molecular complexity index is 1420. The standard InChI is InChI=1S/C24H23ClN8O3/c25-16-3-1-2-14(10-16)23(35)32-8-6-31(7-9-32)19-12-20(27-17-4-5-17)33-21(29-19)15(13-26-33)11-18-22(34)30-24(36)28-18/h1-3,10-13,17,27H,4-9H2,(H2,28,30,34,36)/b18-11-. The van der Waals surface area contributed by atoms with Crippen LogP contribution in [-0.4, -0.2) is 69.6 Å². The molecule has 12 heteroatoms. The summed E-state index contributed by atoms with van der Waals surface area (Å²) in [7, 11) is 0. The summed E-state index contributed by atoms with van der Waals surface area (Å²) in [5, 5.41) is 13.2. The molecule has 2 aromatic heterocycles. The van der Waals surface area contributed by atoms with E-state index in [1.54, 1.807) is 41.1 Å². The van der Waals surface area contributed by atoms with E-state index in [0.717, 1.165) is 24.5 Å². The van der Waals surface area contributed by atoms with Crippen LogP contribution in [0.25, 0.3) is 11.7 Å². The number of rotatable bonds is 5. The van der Waals surface area contributed by atoms with E-state index in [9.17, 15) is 14.4 Å². The molecule has 0 atom stereocenters. The van der Waals surface area contributed by atoms with Crippen molar-refractivity contribution >= 4 is 52.8 Å². The molecule has 184 valence electrons. The minimum atomic E-state index is -0.558. The van der Waals surface area contributed by atoms with E-state index < -0.39 is 11.9 Å². The Balaban J connectivity index is 1.27. The minimum absolute atomic E-state index is 0.0433. The number of nitrogens with one attached hydrogen (secondary N) is 3. The number of aromatic nitrogens is 3. The number of carbonyl (C=O) groups is 3. The van der Waals surface area contributed by atoms with E-state index in [1.807, 2.05) is 11.0 Å². The second-order valence-corrected chi connectivity index (χ2v) is 9.45. The van der Waals surface area contributed by atoms with Crippen LogP contribution in [0.1, 0.15) is 28.8 Å². The van der Waals surface area contributed by atoms with Crippen LogP contribution in [-0.2, 0) is 4.79 Å². The van der Waals surface area contributed by atoms with Crippen molar-refractivity contribution in [2.45, 2.75) is 18.9 Å². The molecular weight excluding hydrogens is 484 g/mol. The summed E-state index contributed by atoms with van der Waals surface area (Å²) in [6.07, 6.45) is 5.38. The Hall–Kier alpha value is -4.12. The van der Waals surface area contributed by atoms with Crippen LogP contribution >= 0.6 is 11.6 Å². The van der Waals surface area contributed by atoms with Gasteiger partial charge in [-0.1, -0.05) is 17.7 Å². The fourth-order valence-electron chi connectivity index (χ4n) is 4.35. The molecule has 4 amide bonds. The van der Waals surface area contributed by atoms with Gasteiger partial charge in [0.05, 0.1) is 6.20 Å². The van der Waals surface area contributed by atoms with E-state index in [2.05, 4.69) is 25.9 Å². The quantitative estimate of drug-likeness (QED) is 0.357. The van der Waals surface area contributed by atoms with Crippen molar-refractivity contribution in [3.05, 3.63) is 58.4 Å². The van der Waals surface area contributed by atoms with Gasteiger partial charge >= 0.3 is 6.03 Å². The van der Waals surface area contributed by atoms with Crippen molar-refractivity contribution in [3.63, 3.8) is 0 Å². The van der Waals surface area contributed by atoms with Crippen LogP contribution in [0.3, 0.4) is 0 Å². The smallest absolute Gasteiger partial charge is 0.326 e. The maximum Gasteiger partial charge on any atom is 0.326 e. The van der Waals surface area contributed by atoms with Crippen LogP contribution < -0.4 is 20.9 Å². The molecule has 0 radical (unpaired) electrons. The molecule has 36 heavy (non-hydrogen) atoms. The predicted octanol–water partition coefficient (Wildman–Crippen LogP) is 2.10. The van der Waals surface area contributed by atoms with Gasteiger partial charge < -0.3 is 20.4 Å². The highest BCUT2D eigenvalue weighted by atomic mass is 35.5. The molecule has 3 aromatic rings. The topological polar surface area (TPSA) is 124 Å². The highest BCUT2D eigenvalue weighted by Gasteiger charge is 2.27. The summed E-state index contributed by atoms with van der Waals surface area (Å²) >= 11 is 6.06. The Labute approximate surface area is 211 Å². The average Bonchev–Trinajstić information content (AvgIpc) is 3.51. The lowest BCUT2D eigenvalue weighted by atomic mass is 10.2. The van der Waals surface area contributed by atoms with Crippen molar-refractivity contribution < 1.29 is 14.4 Å². The van der Waals surface area contributed by atoms with Gasteiger partial charge in [-0.2, -0.15) is 9.61 Å². The Kier molecular flexibility index (Phi) is 5.48. The molecule has 1 saturated carbocycles. The van der Waals surface area contributed by atoms with Crippen LogP contribution in [0.2, 0.25) is 5.02 Å². The van der Waals surface area contributed by atoms with Gasteiger partial charge in [-0.05, 0) is 37.1 Å². The van der Waals surface area contributed by atoms with E-state index >= 15 is 0 Å². The molecule has 4 heterocycles. The summed E-state index contributed by atoms with van der Waals surface area (Å²) < 4.78 is 1.71. The molecule has 3 fully saturated rings. The van der Waals surface area contributed by atoms with E-state index in [-0.39, 0.29) is 11.6 Å². The normalized spacial score (nSPS) is 19.1. The Morgan fingerprint density at radius 1 is 1.11 bits per heavy atom. The second kappa shape index (κ2) is 8.83. The lowest BCUT2D eigenvalue weighted by molar-refractivity contribution is -0.115. The largest absolute Gasteiger partial charge is 0.367 e. The molecule has 6 rings (SSSR count). The fraction of sp³-hybridized carbons (Fsp3) is 0.292. The molecule has 1 aromatic carbocycles. The monoisotopic (exact) mass is 506 g/mol. The molecule has 11 nitrogen and oxygen atoms in total. The highest BCUT2D eigenvalue weighted by Crippen LogP contribution is 2.29. The van der Waals surface area contributed by atoms with Gasteiger partial charge in [0.15, 0.2) is 5.65 Å². The number of urea groups is 1. The molecule has 3 aliphatic rings. The summed E-state index contributed by atoms with van der Waals surface area (Å²) in [4.78, 5) is 45.2. The number of hydrogen-bond acceptors (Lipinski definition) is 7. The molecule has 2 aliphatic heterocycles. The Morgan fingerprint density at radius 3 is 2.61 bits per heavy atom. The van der Waals surface area contributed by atoms with Gasteiger partial charge in [-0.3, -0.25) is 14.9 Å². The number of piperazine rings is 1.